The second-order valence-electron chi connectivity index (χ2n) is 5.14. The predicted molar refractivity (Wildman–Crippen MR) is 63.4 cm³/mol. The van der Waals surface area contributed by atoms with Gasteiger partial charge in [0.1, 0.15) is 0 Å². The van der Waals surface area contributed by atoms with Gasteiger partial charge < -0.3 is 5.11 Å². The van der Waals surface area contributed by atoms with Gasteiger partial charge in [-0.2, -0.15) is 0 Å². The molecule has 86 valence electrons. The molecule has 0 aliphatic rings. The van der Waals surface area contributed by atoms with Crippen LogP contribution >= 0.6 is 0 Å². The summed E-state index contributed by atoms with van der Waals surface area (Å²) in [6, 6.07) is 0. The van der Waals surface area contributed by atoms with Crippen molar-refractivity contribution in [2.75, 3.05) is 0 Å². The summed E-state index contributed by atoms with van der Waals surface area (Å²) >= 11 is 0. The Morgan fingerprint density at radius 3 is 2.14 bits per heavy atom. The molecule has 0 aliphatic heterocycles. The maximum absolute atomic E-state index is 10.1. The highest BCUT2D eigenvalue weighted by Gasteiger charge is 2.31. The summed E-state index contributed by atoms with van der Waals surface area (Å²) in [5, 5.41) is 10.1. The smallest absolute Gasteiger partial charge is 0.0593 e. The lowest BCUT2D eigenvalue weighted by Gasteiger charge is -2.36. The van der Waals surface area contributed by atoms with Gasteiger partial charge in [0.05, 0.1) is 6.10 Å². The summed E-state index contributed by atoms with van der Waals surface area (Å²) in [6.45, 7) is 11.0. The molecular formula is C13H28O. The molecule has 0 amide bonds. The first-order valence-electron chi connectivity index (χ1n) is 6.14. The number of hydrogen-bond donors (Lipinski definition) is 1. The molecule has 0 aromatic rings. The van der Waals surface area contributed by atoms with E-state index in [9.17, 15) is 5.11 Å². The molecule has 0 saturated carbocycles. The highest BCUT2D eigenvalue weighted by atomic mass is 16.3. The van der Waals surface area contributed by atoms with Crippen molar-refractivity contribution in [3.05, 3.63) is 0 Å². The van der Waals surface area contributed by atoms with Crippen molar-refractivity contribution >= 4 is 0 Å². The highest BCUT2D eigenvalue weighted by molar-refractivity contribution is 4.82. The predicted octanol–water partition coefficient (Wildman–Crippen LogP) is 4.00. The van der Waals surface area contributed by atoms with Crippen LogP contribution in [-0.2, 0) is 0 Å². The third-order valence-corrected chi connectivity index (χ3v) is 3.82. The summed E-state index contributed by atoms with van der Waals surface area (Å²) in [6.07, 6.45) is 5.62. The summed E-state index contributed by atoms with van der Waals surface area (Å²) in [4.78, 5) is 0. The Bertz CT molecular complexity index is 140. The fourth-order valence-corrected chi connectivity index (χ4v) is 1.81. The third-order valence-electron chi connectivity index (χ3n) is 3.82. The topological polar surface area (TPSA) is 20.2 Å². The molecule has 0 unspecified atom stereocenters. The third kappa shape index (κ3) is 4.00. The number of unbranched alkanes of at least 4 members (excludes halogenated alkanes) is 2. The van der Waals surface area contributed by atoms with Gasteiger partial charge in [0.2, 0.25) is 0 Å². The molecule has 0 saturated heterocycles. The Hall–Kier alpha value is -0.0400. The molecule has 0 aromatic carbocycles. The van der Waals surface area contributed by atoms with Crippen molar-refractivity contribution < 1.29 is 5.11 Å². The Kier molecular flexibility index (Phi) is 6.43. The summed E-state index contributed by atoms with van der Waals surface area (Å²) in [7, 11) is 0. The van der Waals surface area contributed by atoms with Crippen molar-refractivity contribution in [1.29, 1.82) is 0 Å². The fraction of sp³-hybridized carbons (Fsp3) is 1.00. The van der Waals surface area contributed by atoms with Gasteiger partial charge in [0, 0.05) is 0 Å². The second-order valence-corrected chi connectivity index (χ2v) is 5.14. The van der Waals surface area contributed by atoms with Crippen molar-refractivity contribution in [1.82, 2.24) is 0 Å². The van der Waals surface area contributed by atoms with E-state index in [4.69, 9.17) is 0 Å². The number of hydrogen-bond acceptors (Lipinski definition) is 1. The van der Waals surface area contributed by atoms with Gasteiger partial charge in [-0.05, 0) is 17.8 Å². The van der Waals surface area contributed by atoms with E-state index >= 15 is 0 Å². The standard InChI is InChI=1S/C13H28O/c1-6-8-9-10-12(14)13(4,5)11(3)7-2/h11-12,14H,6-10H2,1-5H3/t11-,12+/m0/s1. The minimum absolute atomic E-state index is 0.0719. The maximum Gasteiger partial charge on any atom is 0.0593 e. The Morgan fingerprint density at radius 1 is 1.14 bits per heavy atom. The van der Waals surface area contributed by atoms with Gasteiger partial charge in [-0.1, -0.05) is 60.3 Å². The molecule has 1 N–H and O–H groups in total. The highest BCUT2D eigenvalue weighted by Crippen LogP contribution is 2.34. The zero-order valence-electron chi connectivity index (χ0n) is 10.6. The Labute approximate surface area is 89.9 Å². The quantitative estimate of drug-likeness (QED) is 0.616. The molecule has 14 heavy (non-hydrogen) atoms. The van der Waals surface area contributed by atoms with E-state index in [0.29, 0.717) is 5.92 Å². The van der Waals surface area contributed by atoms with Crippen LogP contribution in [0.15, 0.2) is 0 Å². The number of aliphatic hydroxyl groups is 1. The molecule has 0 spiro atoms. The molecule has 0 bridgehead atoms. The van der Waals surface area contributed by atoms with Crippen LogP contribution in [0.4, 0.5) is 0 Å². The fourth-order valence-electron chi connectivity index (χ4n) is 1.81. The van der Waals surface area contributed by atoms with Crippen molar-refractivity contribution in [2.45, 2.75) is 72.8 Å². The summed E-state index contributed by atoms with van der Waals surface area (Å²) in [5.74, 6) is 0.596. The summed E-state index contributed by atoms with van der Waals surface area (Å²) < 4.78 is 0. The van der Waals surface area contributed by atoms with E-state index < -0.39 is 0 Å². The molecule has 0 heterocycles. The van der Waals surface area contributed by atoms with E-state index in [1.807, 2.05) is 0 Å². The van der Waals surface area contributed by atoms with Gasteiger partial charge >= 0.3 is 0 Å². The van der Waals surface area contributed by atoms with Crippen LogP contribution in [0, 0.1) is 11.3 Å². The van der Waals surface area contributed by atoms with Gasteiger partial charge in [0.15, 0.2) is 0 Å². The zero-order valence-corrected chi connectivity index (χ0v) is 10.6. The van der Waals surface area contributed by atoms with Crippen LogP contribution in [0.2, 0.25) is 0 Å². The minimum atomic E-state index is -0.135. The first-order valence-corrected chi connectivity index (χ1v) is 6.14. The average Bonchev–Trinajstić information content (AvgIpc) is 2.16. The van der Waals surface area contributed by atoms with E-state index in [2.05, 4.69) is 34.6 Å². The van der Waals surface area contributed by atoms with Crippen LogP contribution in [0.5, 0.6) is 0 Å². The molecule has 0 rings (SSSR count). The number of aliphatic hydroxyl groups excluding tert-OH is 1. The van der Waals surface area contributed by atoms with Gasteiger partial charge in [-0.3, -0.25) is 0 Å². The van der Waals surface area contributed by atoms with Crippen LogP contribution < -0.4 is 0 Å². The molecular weight excluding hydrogens is 172 g/mol. The molecule has 1 nitrogen and oxygen atoms in total. The second kappa shape index (κ2) is 6.44. The monoisotopic (exact) mass is 200 g/mol. The SMILES string of the molecule is CCCCC[C@@H](O)C(C)(C)[C@@H](C)CC. The largest absolute Gasteiger partial charge is 0.393 e. The van der Waals surface area contributed by atoms with Gasteiger partial charge in [0.25, 0.3) is 0 Å². The maximum atomic E-state index is 10.1. The molecule has 0 aromatic heterocycles. The van der Waals surface area contributed by atoms with Crippen LogP contribution in [-0.4, -0.2) is 11.2 Å². The van der Waals surface area contributed by atoms with Gasteiger partial charge in [-0.15, -0.1) is 0 Å². The first kappa shape index (κ1) is 14.0. The lowest BCUT2D eigenvalue weighted by atomic mass is 9.73. The lowest BCUT2D eigenvalue weighted by Crippen LogP contribution is -2.35. The van der Waals surface area contributed by atoms with E-state index in [0.717, 1.165) is 19.3 Å². The van der Waals surface area contributed by atoms with Crippen molar-refractivity contribution in [2.24, 2.45) is 11.3 Å². The van der Waals surface area contributed by atoms with Crippen LogP contribution in [0.1, 0.15) is 66.7 Å². The Balaban J connectivity index is 4.00. The Morgan fingerprint density at radius 2 is 1.71 bits per heavy atom. The first-order chi connectivity index (χ1) is 6.46. The van der Waals surface area contributed by atoms with Crippen LogP contribution in [0.25, 0.3) is 0 Å². The molecule has 0 aliphatic carbocycles. The zero-order chi connectivity index (χ0) is 11.2. The molecule has 1 heteroatoms. The molecule has 2 atom stereocenters. The van der Waals surface area contributed by atoms with Crippen molar-refractivity contribution in [3.63, 3.8) is 0 Å². The van der Waals surface area contributed by atoms with E-state index in [-0.39, 0.29) is 11.5 Å². The van der Waals surface area contributed by atoms with Gasteiger partial charge in [-0.25, -0.2) is 0 Å². The number of rotatable bonds is 7. The summed E-state index contributed by atoms with van der Waals surface area (Å²) in [5.41, 5.74) is 0.0719. The average molecular weight is 200 g/mol. The molecule has 0 radical (unpaired) electrons. The van der Waals surface area contributed by atoms with E-state index in [1.165, 1.54) is 12.8 Å². The van der Waals surface area contributed by atoms with Crippen molar-refractivity contribution in [3.8, 4) is 0 Å². The lowest BCUT2D eigenvalue weighted by molar-refractivity contribution is 0.00329. The minimum Gasteiger partial charge on any atom is -0.393 e. The van der Waals surface area contributed by atoms with E-state index in [1.54, 1.807) is 0 Å². The molecule has 0 fully saturated rings. The van der Waals surface area contributed by atoms with Crippen LogP contribution in [0.3, 0.4) is 0 Å². The normalized spacial score (nSPS) is 16.7.